The molecule has 1 fully saturated rings. The minimum Gasteiger partial charge on any atom is -0.477 e. The maximum atomic E-state index is 13.1. The predicted molar refractivity (Wildman–Crippen MR) is 92.5 cm³/mol. The maximum absolute atomic E-state index is 13.1. The molecule has 2 heterocycles. The fourth-order valence-corrected chi connectivity index (χ4v) is 2.95. The number of hydrogen-bond donors (Lipinski definition) is 2. The number of carbonyl (C=O) groups excluding carboxylic acids is 1. The predicted octanol–water partition coefficient (Wildman–Crippen LogP) is 0.947. The number of pyridine rings is 1. The van der Waals surface area contributed by atoms with Crippen molar-refractivity contribution in [2.24, 2.45) is 11.8 Å². The smallest absolute Gasteiger partial charge is 0.259 e. The lowest BCUT2D eigenvalue weighted by molar-refractivity contribution is -0.124. The summed E-state index contributed by atoms with van der Waals surface area (Å²) in [5, 5.41) is 20.0. The molecule has 0 unspecified atom stereocenters. The van der Waals surface area contributed by atoms with Crippen LogP contribution >= 0.6 is 0 Å². The van der Waals surface area contributed by atoms with Crippen LogP contribution in [0, 0.1) is 11.8 Å². The SMILES string of the molecule is CCOc1ncccc1C(=O)N(CC(C)C)C[C@@H]1COC[C@@H](O)[C@H]1O. The second kappa shape index (κ2) is 9.12. The largest absolute Gasteiger partial charge is 0.477 e. The van der Waals surface area contributed by atoms with Crippen LogP contribution < -0.4 is 4.74 Å². The Morgan fingerprint density at radius 1 is 1.44 bits per heavy atom. The van der Waals surface area contributed by atoms with Crippen molar-refractivity contribution in [1.29, 1.82) is 0 Å². The van der Waals surface area contributed by atoms with Gasteiger partial charge in [-0.3, -0.25) is 4.79 Å². The zero-order valence-electron chi connectivity index (χ0n) is 15.1. The number of rotatable bonds is 7. The lowest BCUT2D eigenvalue weighted by atomic mass is 9.95. The Hall–Kier alpha value is -1.70. The highest BCUT2D eigenvalue weighted by molar-refractivity contribution is 5.96. The summed E-state index contributed by atoms with van der Waals surface area (Å²) in [6.45, 7) is 7.56. The number of aliphatic hydroxyl groups is 2. The fourth-order valence-electron chi connectivity index (χ4n) is 2.95. The van der Waals surface area contributed by atoms with Crippen LogP contribution in [0.1, 0.15) is 31.1 Å². The van der Waals surface area contributed by atoms with Gasteiger partial charge in [0, 0.05) is 25.2 Å². The van der Waals surface area contributed by atoms with Gasteiger partial charge >= 0.3 is 0 Å². The molecule has 2 N–H and O–H groups in total. The number of aromatic nitrogens is 1. The van der Waals surface area contributed by atoms with Crippen LogP contribution in [-0.2, 0) is 4.74 Å². The van der Waals surface area contributed by atoms with E-state index in [9.17, 15) is 15.0 Å². The van der Waals surface area contributed by atoms with E-state index < -0.39 is 12.2 Å². The van der Waals surface area contributed by atoms with Gasteiger partial charge in [-0.05, 0) is 25.0 Å². The second-order valence-electron chi connectivity index (χ2n) is 6.75. The Kier molecular flexibility index (Phi) is 7.16. The van der Waals surface area contributed by atoms with Crippen molar-refractivity contribution in [1.82, 2.24) is 9.88 Å². The van der Waals surface area contributed by atoms with Gasteiger partial charge in [0.05, 0.1) is 25.9 Å². The summed E-state index contributed by atoms with van der Waals surface area (Å²) >= 11 is 0. The first-order valence-electron chi connectivity index (χ1n) is 8.75. The van der Waals surface area contributed by atoms with Crippen molar-refractivity contribution < 1.29 is 24.5 Å². The molecule has 0 radical (unpaired) electrons. The van der Waals surface area contributed by atoms with Crippen molar-refractivity contribution in [2.75, 3.05) is 32.9 Å². The molecule has 1 amide bonds. The zero-order chi connectivity index (χ0) is 18.4. The molecule has 1 aliphatic heterocycles. The Bertz CT molecular complexity index is 566. The molecule has 2 rings (SSSR count). The van der Waals surface area contributed by atoms with Gasteiger partial charge in [-0.15, -0.1) is 0 Å². The fraction of sp³-hybridized carbons (Fsp3) is 0.667. The first kappa shape index (κ1) is 19.6. The number of ether oxygens (including phenoxy) is 2. The van der Waals surface area contributed by atoms with E-state index in [1.807, 2.05) is 20.8 Å². The van der Waals surface area contributed by atoms with Crippen molar-refractivity contribution in [3.63, 3.8) is 0 Å². The highest BCUT2D eigenvalue weighted by Gasteiger charge is 2.34. The summed E-state index contributed by atoms with van der Waals surface area (Å²) in [7, 11) is 0. The lowest BCUT2D eigenvalue weighted by Gasteiger charge is -2.36. The molecule has 0 aromatic carbocycles. The van der Waals surface area contributed by atoms with Crippen LogP contribution in [0.15, 0.2) is 18.3 Å². The monoisotopic (exact) mass is 352 g/mol. The Labute approximate surface area is 148 Å². The topological polar surface area (TPSA) is 92.1 Å². The van der Waals surface area contributed by atoms with Crippen LogP contribution in [-0.4, -0.2) is 71.1 Å². The minimum atomic E-state index is -0.924. The Balaban J connectivity index is 2.20. The summed E-state index contributed by atoms with van der Waals surface area (Å²) in [6, 6.07) is 3.39. The number of carbonyl (C=O) groups is 1. The van der Waals surface area contributed by atoms with Gasteiger partial charge in [-0.25, -0.2) is 4.98 Å². The summed E-state index contributed by atoms with van der Waals surface area (Å²) in [5.74, 6) is 0.0307. The number of aliphatic hydroxyl groups excluding tert-OH is 2. The molecule has 7 heteroatoms. The van der Waals surface area contributed by atoms with Gasteiger partial charge in [0.1, 0.15) is 11.7 Å². The molecular formula is C18H28N2O5. The third-order valence-corrected chi connectivity index (χ3v) is 4.11. The Morgan fingerprint density at radius 2 is 2.20 bits per heavy atom. The second-order valence-corrected chi connectivity index (χ2v) is 6.75. The molecule has 0 saturated carbocycles. The highest BCUT2D eigenvalue weighted by atomic mass is 16.5. The van der Waals surface area contributed by atoms with Crippen LogP contribution in [0.25, 0.3) is 0 Å². The number of nitrogens with zero attached hydrogens (tertiary/aromatic N) is 2. The third-order valence-electron chi connectivity index (χ3n) is 4.11. The van der Waals surface area contributed by atoms with E-state index in [2.05, 4.69) is 4.98 Å². The minimum absolute atomic E-state index is 0.118. The standard InChI is InChI=1S/C18H28N2O5/c1-4-25-17-14(6-5-7-19-17)18(23)20(8-12(2)3)9-13-10-24-11-15(21)16(13)22/h5-7,12-13,15-16,21-22H,4,8-11H2,1-3H3/t13-,15-,16+/m1/s1. The molecule has 1 aromatic heterocycles. The van der Waals surface area contributed by atoms with Crippen molar-refractivity contribution >= 4 is 5.91 Å². The van der Waals surface area contributed by atoms with E-state index in [1.54, 1.807) is 23.2 Å². The maximum Gasteiger partial charge on any atom is 0.259 e. The van der Waals surface area contributed by atoms with Crippen LogP contribution in [0.5, 0.6) is 5.88 Å². The van der Waals surface area contributed by atoms with Gasteiger partial charge in [0.2, 0.25) is 5.88 Å². The molecule has 1 saturated heterocycles. The molecule has 0 aliphatic carbocycles. The molecular weight excluding hydrogens is 324 g/mol. The van der Waals surface area contributed by atoms with Gasteiger partial charge in [0.15, 0.2) is 0 Å². The van der Waals surface area contributed by atoms with Crippen LogP contribution in [0.3, 0.4) is 0 Å². The van der Waals surface area contributed by atoms with Crippen LogP contribution in [0.4, 0.5) is 0 Å². The molecule has 1 aliphatic rings. The van der Waals surface area contributed by atoms with E-state index in [4.69, 9.17) is 9.47 Å². The quantitative estimate of drug-likeness (QED) is 0.759. The van der Waals surface area contributed by atoms with E-state index in [-0.39, 0.29) is 24.3 Å². The molecule has 140 valence electrons. The molecule has 3 atom stereocenters. The van der Waals surface area contributed by atoms with E-state index in [1.165, 1.54) is 0 Å². The number of hydrogen-bond acceptors (Lipinski definition) is 6. The summed E-state index contributed by atoms with van der Waals surface area (Å²) in [6.07, 6.45) is -0.243. The van der Waals surface area contributed by atoms with E-state index >= 15 is 0 Å². The first-order valence-corrected chi connectivity index (χ1v) is 8.75. The van der Waals surface area contributed by atoms with Gasteiger partial charge in [-0.1, -0.05) is 13.8 Å². The normalized spacial score (nSPS) is 23.5. The van der Waals surface area contributed by atoms with Crippen LogP contribution in [0.2, 0.25) is 0 Å². The molecule has 0 bridgehead atoms. The molecule has 25 heavy (non-hydrogen) atoms. The van der Waals surface area contributed by atoms with Gasteiger partial charge in [0.25, 0.3) is 5.91 Å². The van der Waals surface area contributed by atoms with Gasteiger partial charge < -0.3 is 24.6 Å². The highest BCUT2D eigenvalue weighted by Crippen LogP contribution is 2.22. The average Bonchev–Trinajstić information content (AvgIpc) is 2.58. The van der Waals surface area contributed by atoms with Crippen molar-refractivity contribution in [3.05, 3.63) is 23.9 Å². The first-order chi connectivity index (χ1) is 11.9. The summed E-state index contributed by atoms with van der Waals surface area (Å²) < 4.78 is 10.8. The molecule has 1 aromatic rings. The Morgan fingerprint density at radius 3 is 2.88 bits per heavy atom. The number of amides is 1. The van der Waals surface area contributed by atoms with Crippen molar-refractivity contribution in [3.8, 4) is 5.88 Å². The van der Waals surface area contributed by atoms with E-state index in [0.29, 0.717) is 37.7 Å². The molecule has 0 spiro atoms. The summed E-state index contributed by atoms with van der Waals surface area (Å²) in [4.78, 5) is 18.9. The lowest BCUT2D eigenvalue weighted by Crippen LogP contribution is -2.50. The molecule has 7 nitrogen and oxygen atoms in total. The zero-order valence-corrected chi connectivity index (χ0v) is 15.1. The summed E-state index contributed by atoms with van der Waals surface area (Å²) in [5.41, 5.74) is 0.400. The van der Waals surface area contributed by atoms with E-state index in [0.717, 1.165) is 0 Å². The third kappa shape index (κ3) is 5.14. The average molecular weight is 352 g/mol. The van der Waals surface area contributed by atoms with Gasteiger partial charge in [-0.2, -0.15) is 0 Å². The van der Waals surface area contributed by atoms with Crippen molar-refractivity contribution in [2.45, 2.75) is 33.0 Å².